The smallest absolute Gasteiger partial charge is 0.198 e. The molecule has 0 aliphatic heterocycles. The fraction of sp³-hybridized carbons (Fsp3) is 0.714. The van der Waals surface area contributed by atoms with Gasteiger partial charge in [0, 0.05) is 6.04 Å². The zero-order valence-corrected chi connectivity index (χ0v) is 12.6. The highest BCUT2D eigenvalue weighted by atomic mass is 35.5. The van der Waals surface area contributed by atoms with Crippen LogP contribution in [0.1, 0.15) is 39.5 Å². The molecule has 0 saturated heterocycles. The molecular formula is C14H22ClN3O. The quantitative estimate of drug-likeness (QED) is 0.855. The summed E-state index contributed by atoms with van der Waals surface area (Å²) in [4.78, 5) is 8.21. The number of halogens is 1. The summed E-state index contributed by atoms with van der Waals surface area (Å²) >= 11 is 6.03. The first-order valence-electron chi connectivity index (χ1n) is 6.94. The van der Waals surface area contributed by atoms with Crippen LogP contribution in [0.5, 0.6) is 5.75 Å². The van der Waals surface area contributed by atoms with E-state index in [-0.39, 0.29) is 0 Å². The summed E-state index contributed by atoms with van der Waals surface area (Å²) in [5, 5.41) is 3.87. The van der Waals surface area contributed by atoms with E-state index in [2.05, 4.69) is 29.1 Å². The van der Waals surface area contributed by atoms with Gasteiger partial charge in [0.25, 0.3) is 0 Å². The lowest BCUT2D eigenvalue weighted by Gasteiger charge is -2.35. The molecule has 2 atom stereocenters. The topological polar surface area (TPSA) is 47.0 Å². The van der Waals surface area contributed by atoms with Gasteiger partial charge < -0.3 is 10.1 Å². The minimum Gasteiger partial charge on any atom is -0.490 e. The molecule has 1 fully saturated rings. The van der Waals surface area contributed by atoms with Crippen LogP contribution in [-0.4, -0.2) is 23.1 Å². The molecule has 0 spiro atoms. The first-order chi connectivity index (χ1) is 9.13. The van der Waals surface area contributed by atoms with Crippen LogP contribution in [0.2, 0.25) is 5.15 Å². The zero-order valence-electron chi connectivity index (χ0n) is 11.8. The van der Waals surface area contributed by atoms with Crippen molar-refractivity contribution >= 4 is 17.4 Å². The maximum absolute atomic E-state index is 6.03. The Morgan fingerprint density at radius 2 is 2.05 bits per heavy atom. The third kappa shape index (κ3) is 3.30. The van der Waals surface area contributed by atoms with Gasteiger partial charge in [-0.05, 0) is 24.7 Å². The Morgan fingerprint density at radius 1 is 1.32 bits per heavy atom. The fourth-order valence-electron chi connectivity index (χ4n) is 2.95. The predicted molar refractivity (Wildman–Crippen MR) is 77.8 cm³/mol. The van der Waals surface area contributed by atoms with Crippen LogP contribution in [0, 0.1) is 11.8 Å². The van der Waals surface area contributed by atoms with Gasteiger partial charge in [-0.25, -0.2) is 9.97 Å². The number of aromatic nitrogens is 2. The van der Waals surface area contributed by atoms with E-state index in [0.29, 0.717) is 34.6 Å². The van der Waals surface area contributed by atoms with Crippen molar-refractivity contribution in [3.8, 4) is 5.75 Å². The highest BCUT2D eigenvalue weighted by Gasteiger charge is 2.28. The number of anilines is 1. The Labute approximate surface area is 119 Å². The number of hydrogen-bond acceptors (Lipinski definition) is 4. The first-order valence-corrected chi connectivity index (χ1v) is 7.32. The van der Waals surface area contributed by atoms with Crippen LogP contribution in [0.3, 0.4) is 0 Å². The van der Waals surface area contributed by atoms with E-state index in [1.807, 2.05) is 0 Å². The average Bonchev–Trinajstić information content (AvgIpc) is 2.39. The molecule has 2 rings (SSSR count). The molecule has 2 unspecified atom stereocenters. The van der Waals surface area contributed by atoms with Crippen LogP contribution >= 0.6 is 11.6 Å². The largest absolute Gasteiger partial charge is 0.490 e. The normalized spacial score (nSPS) is 23.4. The number of nitrogens with one attached hydrogen (secondary N) is 1. The van der Waals surface area contributed by atoms with Gasteiger partial charge in [-0.3, -0.25) is 0 Å². The van der Waals surface area contributed by atoms with Gasteiger partial charge in [0.15, 0.2) is 16.7 Å². The van der Waals surface area contributed by atoms with Crippen molar-refractivity contribution in [2.45, 2.75) is 45.6 Å². The second-order valence-electron chi connectivity index (χ2n) is 5.49. The fourth-order valence-corrected chi connectivity index (χ4v) is 3.16. The Balaban J connectivity index is 2.17. The van der Waals surface area contributed by atoms with Gasteiger partial charge in [0.2, 0.25) is 0 Å². The standard InChI is InChI=1S/C14H22ClN3O/c1-9(2)10-6-4-5-7-11(10)18-14-12(19-3)13(15)16-8-17-14/h8-11H,4-7H2,1-3H3,(H,16,17,18). The van der Waals surface area contributed by atoms with Crippen LogP contribution in [-0.2, 0) is 0 Å². The summed E-state index contributed by atoms with van der Waals surface area (Å²) in [5.41, 5.74) is 0. The summed E-state index contributed by atoms with van der Waals surface area (Å²) in [5.74, 6) is 2.59. The first kappa shape index (κ1) is 14.4. The molecule has 106 valence electrons. The molecule has 1 saturated carbocycles. The number of nitrogens with zero attached hydrogens (tertiary/aromatic N) is 2. The van der Waals surface area contributed by atoms with Gasteiger partial charge in [-0.2, -0.15) is 0 Å². The lowest BCUT2D eigenvalue weighted by atomic mass is 9.78. The van der Waals surface area contributed by atoms with Crippen molar-refractivity contribution in [2.24, 2.45) is 11.8 Å². The number of ether oxygens (including phenoxy) is 1. The second kappa shape index (κ2) is 6.42. The van der Waals surface area contributed by atoms with E-state index in [1.165, 1.54) is 32.0 Å². The van der Waals surface area contributed by atoms with E-state index in [1.54, 1.807) is 7.11 Å². The lowest BCUT2D eigenvalue weighted by molar-refractivity contribution is 0.253. The highest BCUT2D eigenvalue weighted by molar-refractivity contribution is 6.31. The van der Waals surface area contributed by atoms with Crippen molar-refractivity contribution in [1.82, 2.24) is 9.97 Å². The van der Waals surface area contributed by atoms with Crippen molar-refractivity contribution in [1.29, 1.82) is 0 Å². The predicted octanol–water partition coefficient (Wildman–Crippen LogP) is 3.77. The highest BCUT2D eigenvalue weighted by Crippen LogP contribution is 2.35. The zero-order chi connectivity index (χ0) is 13.8. The SMILES string of the molecule is COc1c(Cl)ncnc1NC1CCCCC1C(C)C. The van der Waals surface area contributed by atoms with Gasteiger partial charge in [-0.15, -0.1) is 0 Å². The third-order valence-electron chi connectivity index (χ3n) is 3.96. The summed E-state index contributed by atoms with van der Waals surface area (Å²) in [6.45, 7) is 4.57. The summed E-state index contributed by atoms with van der Waals surface area (Å²) < 4.78 is 5.29. The summed E-state index contributed by atoms with van der Waals surface area (Å²) in [6.07, 6.45) is 6.51. The molecule has 4 nitrogen and oxygen atoms in total. The minimum atomic E-state index is 0.358. The van der Waals surface area contributed by atoms with E-state index in [4.69, 9.17) is 16.3 Å². The third-order valence-corrected chi connectivity index (χ3v) is 4.23. The molecule has 1 aromatic heterocycles. The molecular weight excluding hydrogens is 262 g/mol. The van der Waals surface area contributed by atoms with Crippen LogP contribution in [0.15, 0.2) is 6.33 Å². The van der Waals surface area contributed by atoms with Crippen molar-refractivity contribution in [3.63, 3.8) is 0 Å². The molecule has 5 heteroatoms. The minimum absolute atomic E-state index is 0.358. The molecule has 1 aromatic rings. The molecule has 0 bridgehead atoms. The molecule has 1 heterocycles. The Kier molecular flexibility index (Phi) is 4.86. The van der Waals surface area contributed by atoms with Gasteiger partial charge in [-0.1, -0.05) is 38.3 Å². The molecule has 0 radical (unpaired) electrons. The molecule has 0 aromatic carbocycles. The maximum atomic E-state index is 6.03. The average molecular weight is 284 g/mol. The molecule has 1 N–H and O–H groups in total. The number of rotatable bonds is 4. The summed E-state index contributed by atoms with van der Waals surface area (Å²) in [6, 6.07) is 0.439. The molecule has 1 aliphatic rings. The number of hydrogen-bond donors (Lipinski definition) is 1. The number of methoxy groups -OCH3 is 1. The van der Waals surface area contributed by atoms with E-state index >= 15 is 0 Å². The van der Waals surface area contributed by atoms with Crippen molar-refractivity contribution in [2.75, 3.05) is 12.4 Å². The maximum Gasteiger partial charge on any atom is 0.198 e. The van der Waals surface area contributed by atoms with E-state index < -0.39 is 0 Å². The monoisotopic (exact) mass is 283 g/mol. The van der Waals surface area contributed by atoms with Crippen LogP contribution in [0.4, 0.5) is 5.82 Å². The Hall–Kier alpha value is -1.03. The van der Waals surface area contributed by atoms with E-state index in [9.17, 15) is 0 Å². The molecule has 19 heavy (non-hydrogen) atoms. The Morgan fingerprint density at radius 3 is 2.74 bits per heavy atom. The van der Waals surface area contributed by atoms with Gasteiger partial charge in [0.05, 0.1) is 7.11 Å². The Bertz CT molecular complexity index is 425. The molecule has 0 amide bonds. The van der Waals surface area contributed by atoms with Gasteiger partial charge in [0.1, 0.15) is 6.33 Å². The van der Waals surface area contributed by atoms with E-state index in [0.717, 1.165) is 0 Å². The van der Waals surface area contributed by atoms with Crippen molar-refractivity contribution < 1.29 is 4.74 Å². The van der Waals surface area contributed by atoms with Crippen LogP contribution in [0.25, 0.3) is 0 Å². The van der Waals surface area contributed by atoms with Gasteiger partial charge >= 0.3 is 0 Å². The van der Waals surface area contributed by atoms with Crippen LogP contribution < -0.4 is 10.1 Å². The second-order valence-corrected chi connectivity index (χ2v) is 5.85. The summed E-state index contributed by atoms with van der Waals surface area (Å²) in [7, 11) is 1.59. The lowest BCUT2D eigenvalue weighted by Crippen LogP contribution is -2.35. The van der Waals surface area contributed by atoms with Crippen molar-refractivity contribution in [3.05, 3.63) is 11.5 Å². The molecule has 1 aliphatic carbocycles.